The van der Waals surface area contributed by atoms with Crippen molar-refractivity contribution < 1.29 is 9.53 Å². The van der Waals surface area contributed by atoms with Gasteiger partial charge in [-0.05, 0) is 57.0 Å². The Labute approximate surface area is 171 Å². The highest BCUT2D eigenvalue weighted by Crippen LogP contribution is 2.28. The van der Waals surface area contributed by atoms with Crippen molar-refractivity contribution in [3.8, 4) is 11.4 Å². The normalized spacial score (nSPS) is 13.6. The zero-order valence-corrected chi connectivity index (χ0v) is 17.1. The van der Waals surface area contributed by atoms with E-state index in [1.807, 2.05) is 56.3 Å². The summed E-state index contributed by atoms with van der Waals surface area (Å²) in [5, 5.41) is 3.08. The number of amides is 1. The van der Waals surface area contributed by atoms with Crippen LogP contribution in [0.5, 0.6) is 5.75 Å². The summed E-state index contributed by atoms with van der Waals surface area (Å²) in [4.78, 5) is 19.9. The second kappa shape index (κ2) is 7.99. The lowest BCUT2D eigenvalue weighted by Gasteiger charge is -2.20. The predicted molar refractivity (Wildman–Crippen MR) is 115 cm³/mol. The molecule has 1 fully saturated rings. The lowest BCUT2D eigenvalue weighted by Crippen LogP contribution is -2.22. The highest BCUT2D eigenvalue weighted by Gasteiger charge is 2.21. The fourth-order valence-electron chi connectivity index (χ4n) is 4.00. The highest BCUT2D eigenvalue weighted by atomic mass is 16.5. The number of nitrogens with zero attached hydrogens (tertiary/aromatic N) is 3. The van der Waals surface area contributed by atoms with Crippen LogP contribution in [0.25, 0.3) is 5.69 Å². The maximum Gasteiger partial charge on any atom is 0.257 e. The van der Waals surface area contributed by atoms with Crippen LogP contribution in [0.1, 0.15) is 34.6 Å². The molecule has 4 rings (SSSR count). The first-order valence-corrected chi connectivity index (χ1v) is 9.93. The van der Waals surface area contributed by atoms with E-state index >= 15 is 0 Å². The zero-order valence-electron chi connectivity index (χ0n) is 17.1. The molecule has 0 bridgehead atoms. The Kier molecular flexibility index (Phi) is 5.25. The molecule has 0 spiro atoms. The molecule has 3 heterocycles. The van der Waals surface area contributed by atoms with Crippen LogP contribution in [0.15, 0.2) is 48.7 Å². The van der Waals surface area contributed by atoms with Crippen molar-refractivity contribution >= 4 is 17.4 Å². The van der Waals surface area contributed by atoms with E-state index in [1.165, 1.54) is 0 Å². The number of carbonyl (C=O) groups is 1. The van der Waals surface area contributed by atoms with Gasteiger partial charge in [-0.2, -0.15) is 0 Å². The molecule has 1 N–H and O–H groups in total. The second-order valence-corrected chi connectivity index (χ2v) is 7.34. The summed E-state index contributed by atoms with van der Waals surface area (Å²) in [5.74, 6) is 1.51. The van der Waals surface area contributed by atoms with Gasteiger partial charge in [0, 0.05) is 42.4 Å². The van der Waals surface area contributed by atoms with Gasteiger partial charge < -0.3 is 19.5 Å². The van der Waals surface area contributed by atoms with Gasteiger partial charge in [0.25, 0.3) is 5.91 Å². The molecular formula is C23H26N4O2. The Hall–Kier alpha value is -3.28. The number of hydrogen-bond donors (Lipinski definition) is 1. The third kappa shape index (κ3) is 3.70. The second-order valence-electron chi connectivity index (χ2n) is 7.34. The Morgan fingerprint density at radius 1 is 1.10 bits per heavy atom. The minimum absolute atomic E-state index is 0.124. The summed E-state index contributed by atoms with van der Waals surface area (Å²) >= 11 is 0. The number of methoxy groups -OCH3 is 1. The van der Waals surface area contributed by atoms with Crippen molar-refractivity contribution in [3.63, 3.8) is 0 Å². The number of ether oxygens (including phenoxy) is 1. The third-order valence-electron chi connectivity index (χ3n) is 5.43. The van der Waals surface area contributed by atoms with Crippen LogP contribution in [0, 0.1) is 13.8 Å². The van der Waals surface area contributed by atoms with E-state index in [4.69, 9.17) is 4.74 Å². The van der Waals surface area contributed by atoms with Gasteiger partial charge in [0.1, 0.15) is 5.75 Å². The van der Waals surface area contributed by atoms with Crippen LogP contribution in [0.4, 0.5) is 11.5 Å². The quantitative estimate of drug-likeness (QED) is 0.704. The number of carbonyl (C=O) groups excluding carboxylic acids is 1. The molecule has 1 aromatic carbocycles. The number of rotatable bonds is 5. The molecule has 6 nitrogen and oxygen atoms in total. The minimum Gasteiger partial charge on any atom is -0.497 e. The van der Waals surface area contributed by atoms with Crippen molar-refractivity contribution in [1.29, 1.82) is 0 Å². The first-order chi connectivity index (χ1) is 14.1. The fourth-order valence-corrected chi connectivity index (χ4v) is 4.00. The molecule has 2 aromatic heterocycles. The Morgan fingerprint density at radius 3 is 2.66 bits per heavy atom. The predicted octanol–water partition coefficient (Wildman–Crippen LogP) is 4.35. The van der Waals surface area contributed by atoms with Gasteiger partial charge in [-0.15, -0.1) is 0 Å². The molecule has 1 aliphatic heterocycles. The van der Waals surface area contributed by atoms with Gasteiger partial charge in [-0.3, -0.25) is 4.79 Å². The minimum atomic E-state index is -0.124. The van der Waals surface area contributed by atoms with E-state index in [1.54, 1.807) is 13.3 Å². The summed E-state index contributed by atoms with van der Waals surface area (Å²) < 4.78 is 7.42. The lowest BCUT2D eigenvalue weighted by molar-refractivity contribution is 0.102. The summed E-state index contributed by atoms with van der Waals surface area (Å²) in [7, 11) is 1.65. The van der Waals surface area contributed by atoms with E-state index in [-0.39, 0.29) is 5.91 Å². The van der Waals surface area contributed by atoms with E-state index in [0.717, 1.165) is 60.3 Å². The van der Waals surface area contributed by atoms with Crippen molar-refractivity contribution in [2.24, 2.45) is 0 Å². The molecule has 3 aromatic rings. The molecule has 0 saturated carbocycles. The Bertz CT molecular complexity index is 1040. The number of aryl methyl sites for hydroxylation is 1. The number of nitrogens with one attached hydrogen (secondary N) is 1. The molecule has 6 heteroatoms. The molecule has 0 radical (unpaired) electrons. The molecule has 29 heavy (non-hydrogen) atoms. The topological polar surface area (TPSA) is 59.4 Å². The van der Waals surface area contributed by atoms with Gasteiger partial charge in [-0.25, -0.2) is 4.98 Å². The molecule has 1 saturated heterocycles. The van der Waals surface area contributed by atoms with Crippen molar-refractivity contribution in [1.82, 2.24) is 9.55 Å². The van der Waals surface area contributed by atoms with E-state index in [0.29, 0.717) is 5.56 Å². The Balaban J connectivity index is 1.64. The average Bonchev–Trinajstić information content (AvgIpc) is 3.36. The summed E-state index contributed by atoms with van der Waals surface area (Å²) in [6, 6.07) is 13.5. The first kappa shape index (κ1) is 19.1. The monoisotopic (exact) mass is 390 g/mol. The maximum absolute atomic E-state index is 13.1. The largest absolute Gasteiger partial charge is 0.497 e. The molecular weight excluding hydrogens is 364 g/mol. The van der Waals surface area contributed by atoms with Gasteiger partial charge in [0.2, 0.25) is 0 Å². The smallest absolute Gasteiger partial charge is 0.257 e. The van der Waals surface area contributed by atoms with Crippen LogP contribution in [0.2, 0.25) is 0 Å². The maximum atomic E-state index is 13.1. The fraction of sp³-hybridized carbons (Fsp3) is 0.304. The van der Waals surface area contributed by atoms with E-state index < -0.39 is 0 Å². The van der Waals surface area contributed by atoms with Crippen molar-refractivity contribution in [2.45, 2.75) is 26.7 Å². The highest BCUT2D eigenvalue weighted by molar-refractivity contribution is 6.06. The number of pyridine rings is 1. The van der Waals surface area contributed by atoms with Crippen molar-refractivity contribution in [3.05, 3.63) is 65.6 Å². The van der Waals surface area contributed by atoms with Crippen LogP contribution in [-0.2, 0) is 0 Å². The van der Waals surface area contributed by atoms with Crippen LogP contribution < -0.4 is 15.0 Å². The van der Waals surface area contributed by atoms with Crippen LogP contribution >= 0.6 is 0 Å². The standard InChI is InChI=1S/C23H26N4O2/c1-16-14-20(17(2)27(16)18-8-6-9-19(15-18)29-3)23(28)25-21-10-7-11-24-22(21)26-12-4-5-13-26/h6-11,14-15H,4-5,12-13H2,1-3H3,(H,25,28). The molecule has 1 aliphatic rings. The first-order valence-electron chi connectivity index (χ1n) is 9.93. The molecule has 0 unspecified atom stereocenters. The summed E-state index contributed by atoms with van der Waals surface area (Å²) in [5.41, 5.74) is 4.26. The molecule has 150 valence electrons. The molecule has 1 amide bonds. The van der Waals surface area contributed by atoms with Gasteiger partial charge in [0.15, 0.2) is 5.82 Å². The van der Waals surface area contributed by atoms with E-state index in [2.05, 4.69) is 19.8 Å². The number of anilines is 2. The molecule has 0 aliphatic carbocycles. The van der Waals surface area contributed by atoms with Crippen molar-refractivity contribution in [2.75, 3.05) is 30.4 Å². The lowest BCUT2D eigenvalue weighted by atomic mass is 10.2. The summed E-state index contributed by atoms with van der Waals surface area (Å²) in [6.45, 7) is 5.92. The number of aromatic nitrogens is 2. The number of hydrogen-bond acceptors (Lipinski definition) is 4. The zero-order chi connectivity index (χ0) is 20.4. The van der Waals surface area contributed by atoms with E-state index in [9.17, 15) is 4.79 Å². The summed E-state index contributed by atoms with van der Waals surface area (Å²) in [6.07, 6.45) is 4.09. The van der Waals surface area contributed by atoms with Gasteiger partial charge in [0.05, 0.1) is 18.4 Å². The van der Waals surface area contributed by atoms with Gasteiger partial charge in [-0.1, -0.05) is 6.07 Å². The SMILES string of the molecule is COc1cccc(-n2c(C)cc(C(=O)Nc3cccnc3N3CCCC3)c2C)c1. The van der Waals surface area contributed by atoms with Crippen LogP contribution in [-0.4, -0.2) is 35.7 Å². The number of benzene rings is 1. The van der Waals surface area contributed by atoms with Crippen LogP contribution in [0.3, 0.4) is 0 Å². The van der Waals surface area contributed by atoms with Gasteiger partial charge >= 0.3 is 0 Å². The Morgan fingerprint density at radius 2 is 1.90 bits per heavy atom. The molecule has 0 atom stereocenters. The average molecular weight is 390 g/mol. The third-order valence-corrected chi connectivity index (χ3v) is 5.43.